The highest BCUT2D eigenvalue weighted by Gasteiger charge is 2.22. The second-order valence-corrected chi connectivity index (χ2v) is 2.78. The number of hydrogen-bond acceptors (Lipinski definition) is 2. The number of aliphatic hydroxyl groups is 1. The van der Waals surface area contributed by atoms with Gasteiger partial charge in [0.1, 0.15) is 5.82 Å². The number of aliphatic hydroxyl groups excluding tert-OH is 1. The van der Waals surface area contributed by atoms with Crippen LogP contribution < -0.4 is 0 Å². The van der Waals surface area contributed by atoms with Crippen LogP contribution in [-0.4, -0.2) is 16.2 Å². The van der Waals surface area contributed by atoms with Gasteiger partial charge >= 0.3 is 5.97 Å². The molecule has 0 aliphatic carbocycles. The summed E-state index contributed by atoms with van der Waals surface area (Å²) in [5.41, 5.74) is -0.406. The fourth-order valence-electron chi connectivity index (χ4n) is 0.895. The number of aliphatic carboxylic acids is 1. The Morgan fingerprint density at radius 3 is 2.62 bits per heavy atom. The topological polar surface area (TPSA) is 57.5 Å². The van der Waals surface area contributed by atoms with E-state index >= 15 is 0 Å². The van der Waals surface area contributed by atoms with Gasteiger partial charge in [-0.05, 0) is 12.1 Å². The number of carbonyl (C=O) groups is 1. The Morgan fingerprint density at radius 2 is 2.15 bits per heavy atom. The standard InChI is InChI=1S/C8H6ClFO3/c9-4-2-1-3-5(10)6(4)7(11)8(12)13/h1-3,7,11H,(H,12,13). The minimum Gasteiger partial charge on any atom is -0.479 e. The Bertz CT molecular complexity index is 320. The van der Waals surface area contributed by atoms with Crippen LogP contribution in [0.5, 0.6) is 0 Å². The molecule has 0 aliphatic heterocycles. The highest BCUT2D eigenvalue weighted by molar-refractivity contribution is 6.31. The second kappa shape index (κ2) is 3.72. The van der Waals surface area contributed by atoms with Gasteiger partial charge in [-0.15, -0.1) is 0 Å². The Kier molecular flexibility index (Phi) is 2.85. The van der Waals surface area contributed by atoms with Gasteiger partial charge in [0.15, 0.2) is 6.10 Å². The zero-order valence-corrected chi connectivity index (χ0v) is 7.12. The van der Waals surface area contributed by atoms with E-state index in [9.17, 15) is 9.18 Å². The molecule has 0 aliphatic rings. The molecule has 3 nitrogen and oxygen atoms in total. The highest BCUT2D eigenvalue weighted by atomic mass is 35.5. The number of carboxylic acid groups (broad SMARTS) is 1. The van der Waals surface area contributed by atoms with Crippen molar-refractivity contribution in [1.29, 1.82) is 0 Å². The molecule has 13 heavy (non-hydrogen) atoms. The number of benzene rings is 1. The minimum atomic E-state index is -1.92. The van der Waals surface area contributed by atoms with E-state index in [1.807, 2.05) is 0 Å². The van der Waals surface area contributed by atoms with E-state index in [0.29, 0.717) is 0 Å². The fourth-order valence-corrected chi connectivity index (χ4v) is 1.16. The first-order chi connectivity index (χ1) is 6.04. The molecular weight excluding hydrogens is 199 g/mol. The summed E-state index contributed by atoms with van der Waals surface area (Å²) in [6.07, 6.45) is -1.92. The molecule has 2 N–H and O–H groups in total. The van der Waals surface area contributed by atoms with E-state index in [1.54, 1.807) is 0 Å². The van der Waals surface area contributed by atoms with Crippen LogP contribution in [-0.2, 0) is 4.79 Å². The van der Waals surface area contributed by atoms with Gasteiger partial charge in [-0.25, -0.2) is 9.18 Å². The van der Waals surface area contributed by atoms with Gasteiger partial charge in [0.25, 0.3) is 0 Å². The molecule has 0 saturated heterocycles. The average Bonchev–Trinajstić information content (AvgIpc) is 2.03. The molecule has 1 aromatic carbocycles. The maximum Gasteiger partial charge on any atom is 0.337 e. The average molecular weight is 205 g/mol. The summed E-state index contributed by atoms with van der Waals surface area (Å²) < 4.78 is 13.0. The second-order valence-electron chi connectivity index (χ2n) is 2.38. The lowest BCUT2D eigenvalue weighted by Crippen LogP contribution is -2.12. The maximum absolute atomic E-state index is 13.0. The third-order valence-electron chi connectivity index (χ3n) is 1.51. The maximum atomic E-state index is 13.0. The Hall–Kier alpha value is -1.13. The van der Waals surface area contributed by atoms with E-state index in [-0.39, 0.29) is 5.02 Å². The smallest absolute Gasteiger partial charge is 0.337 e. The van der Waals surface area contributed by atoms with Crippen LogP contribution in [0.1, 0.15) is 11.7 Å². The molecule has 0 heterocycles. The number of rotatable bonds is 2. The van der Waals surface area contributed by atoms with Crippen molar-refractivity contribution in [2.45, 2.75) is 6.10 Å². The van der Waals surface area contributed by atoms with Gasteiger partial charge in [-0.1, -0.05) is 17.7 Å². The highest BCUT2D eigenvalue weighted by Crippen LogP contribution is 2.25. The number of carboxylic acids is 1. The largest absolute Gasteiger partial charge is 0.479 e. The van der Waals surface area contributed by atoms with Crippen LogP contribution in [0, 0.1) is 5.82 Å². The monoisotopic (exact) mass is 204 g/mol. The molecule has 70 valence electrons. The molecule has 1 aromatic rings. The zero-order valence-electron chi connectivity index (χ0n) is 6.37. The Morgan fingerprint density at radius 1 is 1.54 bits per heavy atom. The summed E-state index contributed by atoms with van der Waals surface area (Å²) in [5.74, 6) is -2.37. The van der Waals surface area contributed by atoms with Crippen LogP contribution in [0.4, 0.5) is 4.39 Å². The van der Waals surface area contributed by atoms with Crippen molar-refractivity contribution in [2.75, 3.05) is 0 Å². The van der Waals surface area contributed by atoms with Crippen molar-refractivity contribution in [1.82, 2.24) is 0 Å². The summed E-state index contributed by atoms with van der Waals surface area (Å²) in [4.78, 5) is 10.3. The molecule has 0 fully saturated rings. The lowest BCUT2D eigenvalue weighted by Gasteiger charge is -2.08. The summed E-state index contributed by atoms with van der Waals surface area (Å²) in [6.45, 7) is 0. The first-order valence-corrected chi connectivity index (χ1v) is 3.76. The predicted molar refractivity (Wildman–Crippen MR) is 44.0 cm³/mol. The molecule has 5 heteroatoms. The first-order valence-electron chi connectivity index (χ1n) is 3.39. The van der Waals surface area contributed by atoms with Gasteiger partial charge in [0.05, 0.1) is 0 Å². The van der Waals surface area contributed by atoms with E-state index < -0.39 is 23.5 Å². The van der Waals surface area contributed by atoms with E-state index in [1.165, 1.54) is 12.1 Å². The van der Waals surface area contributed by atoms with Crippen LogP contribution in [0.25, 0.3) is 0 Å². The van der Waals surface area contributed by atoms with Gasteiger partial charge in [0, 0.05) is 10.6 Å². The summed E-state index contributed by atoms with van der Waals surface area (Å²) in [5, 5.41) is 17.3. The Balaban J connectivity index is 3.20. The molecule has 0 spiro atoms. The first kappa shape index (κ1) is 9.95. The lowest BCUT2D eigenvalue weighted by molar-refractivity contribution is -0.147. The molecular formula is C8H6ClFO3. The van der Waals surface area contributed by atoms with Crippen molar-refractivity contribution in [3.05, 3.63) is 34.6 Å². The summed E-state index contributed by atoms with van der Waals surface area (Å²) in [6, 6.07) is 3.68. The minimum absolute atomic E-state index is 0.102. The van der Waals surface area contributed by atoms with Crippen LogP contribution >= 0.6 is 11.6 Å². The predicted octanol–water partition coefficient (Wildman–Crippen LogP) is 1.60. The molecule has 0 saturated carbocycles. The third kappa shape index (κ3) is 1.96. The molecule has 0 aromatic heterocycles. The Labute approximate surface area is 78.4 Å². The van der Waals surface area contributed by atoms with Gasteiger partial charge in [0.2, 0.25) is 0 Å². The number of halogens is 2. The SMILES string of the molecule is O=C(O)C(O)c1c(F)cccc1Cl. The van der Waals surface area contributed by atoms with Crippen molar-refractivity contribution >= 4 is 17.6 Å². The summed E-state index contributed by atoms with van der Waals surface area (Å²) in [7, 11) is 0. The van der Waals surface area contributed by atoms with Gasteiger partial charge < -0.3 is 10.2 Å². The molecule has 0 amide bonds. The zero-order chi connectivity index (χ0) is 10.0. The normalized spacial score (nSPS) is 12.5. The van der Waals surface area contributed by atoms with Gasteiger partial charge in [-0.3, -0.25) is 0 Å². The molecule has 1 unspecified atom stereocenters. The van der Waals surface area contributed by atoms with Gasteiger partial charge in [-0.2, -0.15) is 0 Å². The quantitative estimate of drug-likeness (QED) is 0.769. The molecule has 0 bridgehead atoms. The van der Waals surface area contributed by atoms with Crippen LogP contribution in [0.2, 0.25) is 5.02 Å². The van der Waals surface area contributed by atoms with Crippen molar-refractivity contribution in [3.8, 4) is 0 Å². The van der Waals surface area contributed by atoms with Crippen molar-refractivity contribution in [2.24, 2.45) is 0 Å². The number of hydrogen-bond donors (Lipinski definition) is 2. The van der Waals surface area contributed by atoms with Crippen LogP contribution in [0.15, 0.2) is 18.2 Å². The summed E-state index contributed by atoms with van der Waals surface area (Å²) >= 11 is 5.51. The molecule has 1 atom stereocenters. The fraction of sp³-hybridized carbons (Fsp3) is 0.125. The van der Waals surface area contributed by atoms with E-state index in [2.05, 4.69) is 0 Å². The third-order valence-corrected chi connectivity index (χ3v) is 1.84. The van der Waals surface area contributed by atoms with Crippen molar-refractivity contribution < 1.29 is 19.4 Å². The lowest BCUT2D eigenvalue weighted by atomic mass is 10.1. The van der Waals surface area contributed by atoms with Crippen LogP contribution in [0.3, 0.4) is 0 Å². The van der Waals surface area contributed by atoms with Crippen molar-refractivity contribution in [3.63, 3.8) is 0 Å². The van der Waals surface area contributed by atoms with E-state index in [0.717, 1.165) is 6.07 Å². The molecule has 0 radical (unpaired) electrons. The van der Waals surface area contributed by atoms with E-state index in [4.69, 9.17) is 21.8 Å². The molecule has 1 rings (SSSR count).